The summed E-state index contributed by atoms with van der Waals surface area (Å²) in [6, 6.07) is 30.4. The first-order chi connectivity index (χ1) is 29.2. The van der Waals surface area contributed by atoms with E-state index in [0.717, 1.165) is 0 Å². The van der Waals surface area contributed by atoms with Crippen molar-refractivity contribution >= 4 is 36.5 Å². The van der Waals surface area contributed by atoms with Crippen LogP contribution < -0.4 is 20.7 Å². The smallest absolute Gasteiger partial charge is 0.0645 e. The number of hydrogen-bond acceptors (Lipinski definition) is 0. The predicted octanol–water partition coefficient (Wildman–Crippen LogP) is 13.6. The highest BCUT2D eigenvalue weighted by molar-refractivity contribution is 7.19. The second-order valence-electron chi connectivity index (χ2n) is 23.9. The van der Waals surface area contributed by atoms with Gasteiger partial charge in [-0.15, -0.1) is 0 Å². The molecule has 0 amide bonds. The minimum absolute atomic E-state index is 0.0759. The van der Waals surface area contributed by atoms with E-state index in [1.165, 1.54) is 77.0 Å². The molecule has 0 aromatic heterocycles. The van der Waals surface area contributed by atoms with E-state index in [2.05, 4.69) is 184 Å². The van der Waals surface area contributed by atoms with Crippen molar-refractivity contribution in [3.63, 3.8) is 0 Å². The predicted molar refractivity (Wildman–Crippen MR) is 275 cm³/mol. The highest BCUT2D eigenvalue weighted by Crippen LogP contribution is 2.61. The van der Waals surface area contributed by atoms with Crippen LogP contribution in [0, 0.1) is 0 Å². The van der Waals surface area contributed by atoms with Gasteiger partial charge < -0.3 is 0 Å². The van der Waals surface area contributed by atoms with Gasteiger partial charge in [-0.1, -0.05) is 184 Å². The molecule has 0 heterocycles. The van der Waals surface area contributed by atoms with Crippen LogP contribution in [0.3, 0.4) is 0 Å². The van der Waals surface area contributed by atoms with Crippen LogP contribution in [0.4, 0.5) is 0 Å². The number of hydrogen-bond donors (Lipinski definition) is 0. The lowest BCUT2D eigenvalue weighted by Crippen LogP contribution is -2.58. The molecule has 0 bridgehead atoms. The maximum absolute atomic E-state index is 2.86. The zero-order valence-electron chi connectivity index (χ0n) is 42.4. The molecule has 0 saturated carbocycles. The normalized spacial score (nSPS) is 22.5. The fraction of sp³-hybridized carbons (Fsp3) is 0.600. The van der Waals surface area contributed by atoms with Gasteiger partial charge >= 0.3 is 0 Å². The molecule has 0 nitrogen and oxygen atoms in total. The van der Waals surface area contributed by atoms with Crippen LogP contribution in [0.2, 0.25) is 0 Å². The average Bonchev–Trinajstić information content (AvgIpc) is 3.85. The molecule has 0 radical (unpaired) electrons. The summed E-state index contributed by atoms with van der Waals surface area (Å²) in [5, 5.41) is 7.05. The maximum atomic E-state index is 2.86. The van der Waals surface area contributed by atoms with Crippen LogP contribution in [0.15, 0.2) is 72.8 Å². The quantitative estimate of drug-likeness (QED) is 0.125. The summed E-state index contributed by atoms with van der Waals surface area (Å²) in [6.45, 7) is 41.4. The minimum Gasteiger partial charge on any atom is -0.0645 e. The van der Waals surface area contributed by atoms with Gasteiger partial charge in [0, 0.05) is 0 Å². The second-order valence-corrected chi connectivity index (χ2v) is 30.5. The monoisotopic (exact) mass is 861 g/mol. The summed E-state index contributed by atoms with van der Waals surface area (Å²) in [5.74, 6) is 0. The Morgan fingerprint density at radius 2 is 0.629 bits per heavy atom. The van der Waals surface area contributed by atoms with Gasteiger partial charge in [-0.25, -0.2) is 0 Å². The number of fused-ring (bicyclic) bond motifs is 4. The van der Waals surface area contributed by atoms with Crippen molar-refractivity contribution < 1.29 is 0 Å². The molecule has 0 N–H and O–H groups in total. The zero-order chi connectivity index (χ0) is 45.1. The Kier molecular flexibility index (Phi) is 11.4. The largest absolute Gasteiger partial charge is 0.0694 e. The second kappa shape index (κ2) is 15.5. The summed E-state index contributed by atoms with van der Waals surface area (Å²) < 4.78 is 0. The Morgan fingerprint density at radius 3 is 0.903 bits per heavy atom. The molecule has 0 aliphatic heterocycles. The van der Waals surface area contributed by atoms with E-state index in [0.29, 0.717) is 0 Å². The van der Waals surface area contributed by atoms with Crippen molar-refractivity contribution in [2.45, 2.75) is 231 Å². The molecular formula is C60H84Si2. The molecule has 0 atom stereocenters. The first kappa shape index (κ1) is 45.9. The van der Waals surface area contributed by atoms with Crippen LogP contribution in [0.25, 0.3) is 0 Å². The number of rotatable bonds is 12. The fourth-order valence-corrected chi connectivity index (χ4v) is 27.2. The van der Waals surface area contributed by atoms with Crippen molar-refractivity contribution in [2.24, 2.45) is 0 Å². The molecule has 0 fully saturated rings. The van der Waals surface area contributed by atoms with Gasteiger partial charge in [0.05, 0.1) is 15.8 Å². The lowest BCUT2D eigenvalue weighted by molar-refractivity contribution is 0.284. The van der Waals surface area contributed by atoms with Crippen LogP contribution in [-0.4, -0.2) is 15.8 Å². The van der Waals surface area contributed by atoms with E-state index < -0.39 is 15.8 Å². The van der Waals surface area contributed by atoms with Gasteiger partial charge in [0.1, 0.15) is 0 Å². The summed E-state index contributed by atoms with van der Waals surface area (Å²) in [7, 11) is -3.02. The van der Waals surface area contributed by atoms with Gasteiger partial charge in [-0.05, 0) is 186 Å². The van der Waals surface area contributed by atoms with Crippen molar-refractivity contribution in [3.8, 4) is 0 Å². The van der Waals surface area contributed by atoms with Crippen LogP contribution >= 0.6 is 0 Å². The molecule has 8 rings (SSSR count). The summed E-state index contributed by atoms with van der Waals surface area (Å²) in [5.41, 5.74) is 15.2. The molecule has 4 aromatic rings. The summed E-state index contributed by atoms with van der Waals surface area (Å²) in [4.78, 5) is 0. The topological polar surface area (TPSA) is 0 Å². The third-order valence-corrected chi connectivity index (χ3v) is 28.1. The highest BCUT2D eigenvalue weighted by Gasteiger charge is 2.57. The molecule has 2 heteroatoms. The third-order valence-electron chi connectivity index (χ3n) is 19.1. The van der Waals surface area contributed by atoms with E-state index in [9.17, 15) is 0 Å². The van der Waals surface area contributed by atoms with Gasteiger partial charge in [-0.2, -0.15) is 0 Å². The Morgan fingerprint density at radius 1 is 0.339 bits per heavy atom. The van der Waals surface area contributed by atoms with Crippen LogP contribution in [0.5, 0.6) is 0 Å². The van der Waals surface area contributed by atoms with E-state index in [1.807, 2.05) is 21.5 Å². The molecule has 332 valence electrons. The van der Waals surface area contributed by atoms with E-state index in [-0.39, 0.29) is 43.3 Å². The lowest BCUT2D eigenvalue weighted by Gasteiger charge is -2.37. The minimum atomic E-state index is -1.51. The molecule has 0 saturated heterocycles. The summed E-state index contributed by atoms with van der Waals surface area (Å²) in [6.07, 6.45) is 14.8. The van der Waals surface area contributed by atoms with Crippen molar-refractivity contribution in [3.05, 3.63) is 117 Å². The molecule has 4 aliphatic rings. The zero-order valence-corrected chi connectivity index (χ0v) is 44.4. The van der Waals surface area contributed by atoms with Gasteiger partial charge in [0.25, 0.3) is 0 Å². The molecule has 4 aliphatic carbocycles. The number of benzene rings is 4. The molecule has 0 unspecified atom stereocenters. The Hall–Kier alpha value is -2.69. The van der Waals surface area contributed by atoms with Crippen LogP contribution in [-0.2, 0) is 43.3 Å². The van der Waals surface area contributed by atoms with Crippen molar-refractivity contribution in [1.29, 1.82) is 0 Å². The Bertz CT molecular complexity index is 2210. The first-order valence-electron chi connectivity index (χ1n) is 25.5. The molecule has 62 heavy (non-hydrogen) atoms. The van der Waals surface area contributed by atoms with Gasteiger partial charge in [0.2, 0.25) is 0 Å². The van der Waals surface area contributed by atoms with Crippen molar-refractivity contribution in [1.82, 2.24) is 0 Å². The third kappa shape index (κ3) is 6.34. The molecule has 4 aromatic carbocycles. The van der Waals surface area contributed by atoms with E-state index >= 15 is 0 Å². The molecular weight excluding hydrogens is 777 g/mol. The van der Waals surface area contributed by atoms with Crippen LogP contribution in [0.1, 0.15) is 232 Å². The summed E-state index contributed by atoms with van der Waals surface area (Å²) >= 11 is 0. The Labute approximate surface area is 383 Å². The Balaban J connectivity index is 1.76. The molecule has 0 spiro atoms. The maximum Gasteiger partial charge on any atom is 0.0694 e. The van der Waals surface area contributed by atoms with Gasteiger partial charge in [0.15, 0.2) is 0 Å². The van der Waals surface area contributed by atoms with Crippen molar-refractivity contribution in [2.75, 3.05) is 0 Å². The van der Waals surface area contributed by atoms with E-state index in [1.54, 1.807) is 43.8 Å². The first-order valence-corrected chi connectivity index (χ1v) is 29.5. The average molecular weight is 862 g/mol. The van der Waals surface area contributed by atoms with E-state index in [4.69, 9.17) is 0 Å². The highest BCUT2D eigenvalue weighted by atomic mass is 28.9. The lowest BCUT2D eigenvalue weighted by atomic mass is 9.71. The fourth-order valence-electron chi connectivity index (χ4n) is 16.0. The standard InChI is InChI=1S/C60H84Si2/c1-17-57(18-2)39-59(21-5,22-6)49-45(57)35-43-47(55(13,14)37-53(43,9)10)51(49)61(41-31-27-25-28-32-41)62(42-33-29-26-30-34-42)52-48-44(54(11,12)38-56(48,15)16)36-46-50(52)60(23-7,24-8)40-58(46,19-3)20-4/h25-36H,17-24,37-40H2,1-16H3/b62-61+. The van der Waals surface area contributed by atoms with Gasteiger partial charge in [-0.3, -0.25) is 0 Å². The SMILES string of the molecule is CCC1(CC)CC(CC)(CC)c2c1cc1c(c2/[Si](c2ccccc2)=[Si](\c2ccccc2)c2c3c(cc4c2C(CC)(CC)CC4(CC)CC)C(C)(C)CC3(C)C)C(C)(C)CC1(C)C.